The first-order valence-electron chi connectivity index (χ1n) is 10.1. The molecule has 0 atom stereocenters. The van der Waals surface area contributed by atoms with Gasteiger partial charge in [0.15, 0.2) is 0 Å². The van der Waals surface area contributed by atoms with E-state index in [2.05, 4.69) is 30.3 Å². The first-order chi connectivity index (χ1) is 14.7. The first kappa shape index (κ1) is 20.1. The molecule has 1 aromatic carbocycles. The van der Waals surface area contributed by atoms with Gasteiger partial charge in [0.25, 0.3) is 0 Å². The average Bonchev–Trinajstić information content (AvgIpc) is 3.34. The van der Waals surface area contributed by atoms with Gasteiger partial charge in [-0.1, -0.05) is 0 Å². The lowest BCUT2D eigenvalue weighted by molar-refractivity contribution is 0.122. The summed E-state index contributed by atoms with van der Waals surface area (Å²) in [5.74, 6) is 3.14. The number of ether oxygens (including phenoxy) is 3. The Balaban J connectivity index is 1.55. The van der Waals surface area contributed by atoms with E-state index in [1.165, 1.54) is 0 Å². The van der Waals surface area contributed by atoms with Crippen molar-refractivity contribution in [2.24, 2.45) is 5.10 Å². The fraction of sp³-hybridized carbons (Fsp3) is 0.500. The number of hydrazone groups is 1. The lowest BCUT2D eigenvalue weighted by Gasteiger charge is -2.27. The van der Waals surface area contributed by atoms with Crippen LogP contribution in [0.5, 0.6) is 11.5 Å². The summed E-state index contributed by atoms with van der Waals surface area (Å²) < 4.78 is 16.1. The molecule has 2 aliphatic rings. The zero-order valence-electron chi connectivity index (χ0n) is 17.4. The highest BCUT2D eigenvalue weighted by Gasteiger charge is 2.21. The Morgan fingerprint density at radius 3 is 2.10 bits per heavy atom. The molecule has 10 heteroatoms. The number of methoxy groups -OCH3 is 2. The molecule has 0 amide bonds. The maximum absolute atomic E-state index is 5.45. The zero-order valence-corrected chi connectivity index (χ0v) is 17.4. The minimum Gasteiger partial charge on any atom is -0.497 e. The molecule has 0 radical (unpaired) electrons. The molecule has 30 heavy (non-hydrogen) atoms. The third-order valence-electron chi connectivity index (χ3n) is 5.05. The molecule has 10 nitrogen and oxygen atoms in total. The Hall–Kier alpha value is -3.14. The molecule has 4 rings (SSSR count). The summed E-state index contributed by atoms with van der Waals surface area (Å²) in [6.45, 7) is 4.77. The number of aromatic nitrogens is 3. The molecule has 0 aliphatic carbocycles. The fourth-order valence-corrected chi connectivity index (χ4v) is 3.44. The topological polar surface area (TPSA) is 97.2 Å². The van der Waals surface area contributed by atoms with E-state index in [1.807, 2.05) is 18.2 Å². The number of hydrogen-bond donors (Lipinski definition) is 1. The Morgan fingerprint density at radius 2 is 1.50 bits per heavy atom. The van der Waals surface area contributed by atoms with E-state index in [0.29, 0.717) is 42.6 Å². The normalized spacial score (nSPS) is 16.9. The van der Waals surface area contributed by atoms with Crippen molar-refractivity contribution in [1.29, 1.82) is 0 Å². The monoisotopic (exact) mass is 413 g/mol. The molecular formula is C20H27N7O3. The zero-order chi connectivity index (χ0) is 20.8. The molecule has 2 saturated heterocycles. The number of anilines is 3. The van der Waals surface area contributed by atoms with E-state index in [0.717, 1.165) is 44.6 Å². The van der Waals surface area contributed by atoms with Gasteiger partial charge < -0.3 is 24.0 Å². The van der Waals surface area contributed by atoms with Crippen molar-refractivity contribution in [3.63, 3.8) is 0 Å². The number of nitrogens with zero attached hydrogens (tertiary/aromatic N) is 6. The molecule has 2 aliphatic heterocycles. The highest BCUT2D eigenvalue weighted by atomic mass is 16.5. The van der Waals surface area contributed by atoms with Crippen molar-refractivity contribution < 1.29 is 14.2 Å². The van der Waals surface area contributed by atoms with Crippen molar-refractivity contribution in [2.75, 3.05) is 68.8 Å². The maximum atomic E-state index is 5.45. The molecule has 3 heterocycles. The quantitative estimate of drug-likeness (QED) is 0.538. The summed E-state index contributed by atoms with van der Waals surface area (Å²) in [5, 5.41) is 4.32. The molecule has 0 bridgehead atoms. The van der Waals surface area contributed by atoms with Crippen LogP contribution >= 0.6 is 0 Å². The van der Waals surface area contributed by atoms with Crippen molar-refractivity contribution >= 4 is 24.1 Å². The second-order valence-electron chi connectivity index (χ2n) is 7.07. The van der Waals surface area contributed by atoms with E-state index >= 15 is 0 Å². The van der Waals surface area contributed by atoms with Crippen molar-refractivity contribution in [2.45, 2.75) is 12.8 Å². The Labute approximate surface area is 175 Å². The van der Waals surface area contributed by atoms with Gasteiger partial charge in [0, 0.05) is 37.8 Å². The predicted octanol–water partition coefficient (Wildman–Crippen LogP) is 1.77. The van der Waals surface area contributed by atoms with Crippen LogP contribution in [0.25, 0.3) is 0 Å². The average molecular weight is 413 g/mol. The SMILES string of the molecule is COc1cc(/C=N\Nc2nc(N3CCCC3)nc(N3CCOCC3)n2)cc(OC)c1. The van der Waals surface area contributed by atoms with E-state index in [1.54, 1.807) is 20.4 Å². The van der Waals surface area contributed by atoms with Crippen LogP contribution in [0.2, 0.25) is 0 Å². The van der Waals surface area contributed by atoms with Gasteiger partial charge in [0.05, 0.1) is 33.6 Å². The molecule has 160 valence electrons. The van der Waals surface area contributed by atoms with Crippen LogP contribution in [0, 0.1) is 0 Å². The van der Waals surface area contributed by atoms with E-state index in [-0.39, 0.29) is 0 Å². The van der Waals surface area contributed by atoms with Gasteiger partial charge in [-0.2, -0.15) is 20.1 Å². The Kier molecular flexibility index (Phi) is 6.43. The van der Waals surface area contributed by atoms with Gasteiger partial charge in [-0.05, 0) is 25.0 Å². The van der Waals surface area contributed by atoms with Crippen LogP contribution in [0.4, 0.5) is 17.8 Å². The highest BCUT2D eigenvalue weighted by molar-refractivity contribution is 5.81. The molecule has 2 aromatic rings. The number of nitrogens with one attached hydrogen (secondary N) is 1. The van der Waals surface area contributed by atoms with Gasteiger partial charge in [-0.3, -0.25) is 0 Å². The summed E-state index contributed by atoms with van der Waals surface area (Å²) in [6.07, 6.45) is 3.98. The van der Waals surface area contributed by atoms with Crippen LogP contribution in [0.15, 0.2) is 23.3 Å². The highest BCUT2D eigenvalue weighted by Crippen LogP contribution is 2.22. The lowest BCUT2D eigenvalue weighted by atomic mass is 10.2. The lowest BCUT2D eigenvalue weighted by Crippen LogP contribution is -2.38. The summed E-state index contributed by atoms with van der Waals surface area (Å²) in [6, 6.07) is 5.56. The van der Waals surface area contributed by atoms with Crippen LogP contribution in [0.3, 0.4) is 0 Å². The molecule has 0 spiro atoms. The van der Waals surface area contributed by atoms with E-state index in [4.69, 9.17) is 19.2 Å². The fourth-order valence-electron chi connectivity index (χ4n) is 3.44. The minimum atomic E-state index is 0.416. The Bertz CT molecular complexity index is 858. The molecule has 0 unspecified atom stereocenters. The van der Waals surface area contributed by atoms with E-state index < -0.39 is 0 Å². The van der Waals surface area contributed by atoms with Crippen LogP contribution in [0.1, 0.15) is 18.4 Å². The van der Waals surface area contributed by atoms with Gasteiger partial charge >= 0.3 is 0 Å². The summed E-state index contributed by atoms with van der Waals surface area (Å²) in [5.41, 5.74) is 3.79. The van der Waals surface area contributed by atoms with Gasteiger partial charge in [-0.25, -0.2) is 5.43 Å². The minimum absolute atomic E-state index is 0.416. The number of morpholine rings is 1. The molecule has 0 saturated carbocycles. The largest absolute Gasteiger partial charge is 0.497 e. The number of hydrogen-bond acceptors (Lipinski definition) is 10. The molecular weight excluding hydrogens is 386 g/mol. The third-order valence-corrected chi connectivity index (χ3v) is 5.05. The van der Waals surface area contributed by atoms with Crippen molar-refractivity contribution in [3.05, 3.63) is 23.8 Å². The second kappa shape index (κ2) is 9.57. The molecule has 1 aromatic heterocycles. The van der Waals surface area contributed by atoms with Crippen LogP contribution in [-0.2, 0) is 4.74 Å². The third kappa shape index (κ3) is 4.88. The number of benzene rings is 1. The van der Waals surface area contributed by atoms with Gasteiger partial charge in [0.2, 0.25) is 17.8 Å². The maximum Gasteiger partial charge on any atom is 0.250 e. The summed E-state index contributed by atoms with van der Waals surface area (Å²) >= 11 is 0. The Morgan fingerprint density at radius 1 is 0.900 bits per heavy atom. The van der Waals surface area contributed by atoms with Gasteiger partial charge in [0.1, 0.15) is 11.5 Å². The first-order valence-corrected chi connectivity index (χ1v) is 10.1. The van der Waals surface area contributed by atoms with Gasteiger partial charge in [-0.15, -0.1) is 0 Å². The van der Waals surface area contributed by atoms with Crippen LogP contribution < -0.4 is 24.7 Å². The molecule has 1 N–H and O–H groups in total. The van der Waals surface area contributed by atoms with Crippen LogP contribution in [-0.4, -0.2) is 74.8 Å². The van der Waals surface area contributed by atoms with E-state index in [9.17, 15) is 0 Å². The molecule has 2 fully saturated rings. The predicted molar refractivity (Wildman–Crippen MR) is 115 cm³/mol. The van der Waals surface area contributed by atoms with Crippen molar-refractivity contribution in [1.82, 2.24) is 15.0 Å². The second-order valence-corrected chi connectivity index (χ2v) is 7.07. The summed E-state index contributed by atoms with van der Waals surface area (Å²) in [4.78, 5) is 18.2. The smallest absolute Gasteiger partial charge is 0.250 e. The summed E-state index contributed by atoms with van der Waals surface area (Å²) in [7, 11) is 3.23. The number of rotatable bonds is 7. The van der Waals surface area contributed by atoms with Crippen molar-refractivity contribution in [3.8, 4) is 11.5 Å². The standard InChI is InChI=1S/C20H27N7O3/c1-28-16-11-15(12-17(13-16)29-2)14-21-25-18-22-19(26-5-3-4-6-26)24-20(23-18)27-7-9-30-10-8-27/h11-14H,3-10H2,1-2H3,(H,22,23,24,25)/b21-14-.